The number of nitrogens with zero attached hydrogens (tertiary/aromatic N) is 1. The van der Waals surface area contributed by atoms with Crippen molar-refractivity contribution in [1.82, 2.24) is 0 Å². The van der Waals surface area contributed by atoms with Crippen LogP contribution in [0.5, 0.6) is 0 Å². The monoisotopic (exact) mass is 850 g/mol. The van der Waals surface area contributed by atoms with E-state index in [1.165, 1.54) is 6.92 Å². The lowest BCUT2D eigenvalue weighted by atomic mass is 10.2. The van der Waals surface area contributed by atoms with Gasteiger partial charge in [0.05, 0.1) is 6.61 Å². The van der Waals surface area contributed by atoms with Gasteiger partial charge < -0.3 is 19.1 Å². The van der Waals surface area contributed by atoms with Crippen molar-refractivity contribution in [3.63, 3.8) is 0 Å². The van der Waals surface area contributed by atoms with Crippen LogP contribution in [0.25, 0.3) is 0 Å². The number of aryl methyl sites for hydroxylation is 2. The maximum atomic E-state index is 12.0. The molecule has 256 valence electrons. The minimum Gasteiger partial charge on any atom is -0.416 e. The molecule has 1 N–H and O–H groups in total. The Morgan fingerprint density at radius 1 is 0.778 bits per heavy atom. The topological polar surface area (TPSA) is 67.9 Å². The summed E-state index contributed by atoms with van der Waals surface area (Å²) in [5, 5.41) is 4.17. The van der Waals surface area contributed by atoms with E-state index in [0.29, 0.717) is 18.2 Å². The Balaban J connectivity index is 0.000000710. The largest absolute Gasteiger partial charge is 0.416 e. The normalized spacial score (nSPS) is 11.9. The zero-order valence-corrected chi connectivity index (χ0v) is 36.8. The van der Waals surface area contributed by atoms with E-state index < -0.39 is 16.6 Å². The number of benzene rings is 2. The molecule has 2 aromatic carbocycles. The van der Waals surface area contributed by atoms with Crippen LogP contribution in [0.2, 0.25) is 36.3 Å². The van der Waals surface area contributed by atoms with Gasteiger partial charge in [0.1, 0.15) is 0 Å². The quantitative estimate of drug-likeness (QED) is 0.202. The fourth-order valence-electron chi connectivity index (χ4n) is 3.21. The molecule has 0 aliphatic carbocycles. The molecule has 0 spiro atoms. The Morgan fingerprint density at radius 2 is 1.22 bits per heavy atom. The van der Waals surface area contributed by atoms with Crippen molar-refractivity contribution in [3.8, 4) is 0 Å². The lowest BCUT2D eigenvalue weighted by Gasteiger charge is -2.36. The third-order valence-corrected chi connectivity index (χ3v) is 19.4. The standard InChI is InChI=1S/C17H28BrNO2Si.C9H10BrNO.C8H19BrOSi/c1-13-8-9-15(12-16(13)18)19(14(2)20)10-11-21-22(6,7)17(3,4)5;1-6-3-4-8(5-9(6)10)11-7(2)12;1-8(2,3)11(4,5)10-7-6-9/h8-9,12H,10-11H2,1-7H3;3-5H,1-2H3,(H,11,12);6-7H2,1-5H3. The van der Waals surface area contributed by atoms with Gasteiger partial charge in [-0.15, -0.1) is 0 Å². The van der Waals surface area contributed by atoms with Gasteiger partial charge in [-0.05, 0) is 85.5 Å². The number of hydrogen-bond donors (Lipinski definition) is 1. The lowest BCUT2D eigenvalue weighted by molar-refractivity contribution is -0.116. The molecule has 6 nitrogen and oxygen atoms in total. The smallest absolute Gasteiger partial charge is 0.223 e. The minimum absolute atomic E-state index is 0.0367. The van der Waals surface area contributed by atoms with Crippen LogP contribution < -0.4 is 10.2 Å². The first-order valence-electron chi connectivity index (χ1n) is 15.3. The fraction of sp³-hybridized carbons (Fsp3) is 0.588. The fourth-order valence-corrected chi connectivity index (χ4v) is 6.50. The van der Waals surface area contributed by atoms with Gasteiger partial charge in [0.25, 0.3) is 0 Å². The van der Waals surface area contributed by atoms with Gasteiger partial charge in [-0.3, -0.25) is 9.59 Å². The van der Waals surface area contributed by atoms with E-state index in [-0.39, 0.29) is 16.9 Å². The van der Waals surface area contributed by atoms with E-state index in [1.807, 2.05) is 50.2 Å². The highest BCUT2D eigenvalue weighted by atomic mass is 79.9. The predicted molar refractivity (Wildman–Crippen MR) is 210 cm³/mol. The molecule has 0 aliphatic heterocycles. The van der Waals surface area contributed by atoms with Gasteiger partial charge in [0.2, 0.25) is 11.8 Å². The number of amides is 2. The molecule has 0 saturated carbocycles. The zero-order chi connectivity index (χ0) is 35.4. The van der Waals surface area contributed by atoms with E-state index in [4.69, 9.17) is 8.85 Å². The summed E-state index contributed by atoms with van der Waals surface area (Å²) < 4.78 is 14.0. The average Bonchev–Trinajstić information content (AvgIpc) is 2.88. The van der Waals surface area contributed by atoms with Crippen LogP contribution in [0.3, 0.4) is 0 Å². The highest BCUT2D eigenvalue weighted by molar-refractivity contribution is 9.11. The summed E-state index contributed by atoms with van der Waals surface area (Å²) in [5.74, 6) is -0.0136. The van der Waals surface area contributed by atoms with Crippen molar-refractivity contribution in [2.24, 2.45) is 0 Å². The average molecular weight is 854 g/mol. The van der Waals surface area contributed by atoms with Crippen molar-refractivity contribution in [2.45, 2.75) is 106 Å². The molecule has 2 amide bonds. The van der Waals surface area contributed by atoms with Crippen molar-refractivity contribution < 1.29 is 18.4 Å². The Morgan fingerprint density at radius 3 is 1.60 bits per heavy atom. The minimum atomic E-state index is -1.77. The maximum absolute atomic E-state index is 12.0. The molecule has 0 aliphatic rings. The van der Waals surface area contributed by atoms with Crippen molar-refractivity contribution in [3.05, 3.63) is 56.5 Å². The highest BCUT2D eigenvalue weighted by Crippen LogP contribution is 2.37. The summed E-state index contributed by atoms with van der Waals surface area (Å²) >= 11 is 10.3. The Bertz CT molecular complexity index is 1240. The van der Waals surface area contributed by atoms with Gasteiger partial charge in [-0.25, -0.2) is 0 Å². The predicted octanol–water partition coefficient (Wildman–Crippen LogP) is 11.3. The molecule has 0 unspecified atom stereocenters. The summed E-state index contributed by atoms with van der Waals surface area (Å²) in [4.78, 5) is 24.4. The molecule has 0 radical (unpaired) electrons. The van der Waals surface area contributed by atoms with E-state index in [1.54, 1.807) is 11.8 Å². The Hall–Kier alpha value is -0.826. The van der Waals surface area contributed by atoms with Crippen molar-refractivity contribution in [2.75, 3.05) is 35.3 Å². The number of nitrogens with one attached hydrogen (secondary N) is 1. The van der Waals surface area contributed by atoms with Crippen LogP contribution in [0, 0.1) is 13.8 Å². The molecular weight excluding hydrogens is 796 g/mol. The number of halogens is 3. The van der Waals surface area contributed by atoms with Crippen LogP contribution >= 0.6 is 47.8 Å². The molecule has 11 heteroatoms. The Kier molecular flexibility index (Phi) is 18.9. The Labute approximate surface area is 301 Å². The SMILES string of the molecule is CC(=O)N(CCO[Si](C)(C)C(C)(C)C)c1ccc(C)c(Br)c1.CC(=O)Nc1ccc(C)c(Br)c1.CC(C)(C)[Si](C)(C)OCCBr. The third kappa shape index (κ3) is 16.2. The number of rotatable bonds is 9. The lowest BCUT2D eigenvalue weighted by Crippen LogP contribution is -2.43. The molecule has 45 heavy (non-hydrogen) atoms. The van der Waals surface area contributed by atoms with Crippen LogP contribution in [-0.4, -0.2) is 53.5 Å². The second-order valence-electron chi connectivity index (χ2n) is 14.2. The van der Waals surface area contributed by atoms with Crippen LogP contribution in [0.15, 0.2) is 45.3 Å². The van der Waals surface area contributed by atoms with Crippen molar-refractivity contribution >= 4 is 87.6 Å². The first-order chi connectivity index (χ1) is 20.4. The molecule has 2 rings (SSSR count). The number of carbonyl (C=O) groups excluding carboxylic acids is 2. The van der Waals surface area contributed by atoms with Gasteiger partial charge >= 0.3 is 0 Å². The number of hydrogen-bond acceptors (Lipinski definition) is 4. The highest BCUT2D eigenvalue weighted by Gasteiger charge is 2.37. The molecule has 2 aromatic rings. The summed E-state index contributed by atoms with van der Waals surface area (Å²) in [6.45, 7) is 31.6. The van der Waals surface area contributed by atoms with Crippen LogP contribution in [-0.2, 0) is 18.4 Å². The summed E-state index contributed by atoms with van der Waals surface area (Å²) in [6.07, 6.45) is 0. The maximum Gasteiger partial charge on any atom is 0.223 e. The zero-order valence-electron chi connectivity index (χ0n) is 30.0. The summed E-state index contributed by atoms with van der Waals surface area (Å²) in [6, 6.07) is 11.7. The third-order valence-electron chi connectivity index (χ3n) is 8.27. The molecule has 0 aromatic heterocycles. The first kappa shape index (κ1) is 44.2. The van der Waals surface area contributed by atoms with E-state index >= 15 is 0 Å². The summed E-state index contributed by atoms with van der Waals surface area (Å²) in [5.41, 5.74) is 4.04. The molecular formula is C34H57Br3N2O4Si2. The molecule has 0 saturated heterocycles. The van der Waals surface area contributed by atoms with Gasteiger partial charge in [-0.1, -0.05) is 101 Å². The number of alkyl halides is 1. The van der Waals surface area contributed by atoms with Crippen LogP contribution in [0.1, 0.15) is 66.5 Å². The van der Waals surface area contributed by atoms with Gasteiger partial charge in [-0.2, -0.15) is 0 Å². The molecule has 0 atom stereocenters. The number of anilines is 2. The molecule has 0 bridgehead atoms. The van der Waals surface area contributed by atoms with Gasteiger partial charge in [0, 0.05) is 52.6 Å². The second-order valence-corrected chi connectivity index (χ2v) is 26.3. The van der Waals surface area contributed by atoms with E-state index in [2.05, 4.69) is 121 Å². The van der Waals surface area contributed by atoms with Crippen LogP contribution in [0.4, 0.5) is 11.4 Å². The first-order valence-corrected chi connectivity index (χ1v) is 23.8. The van der Waals surface area contributed by atoms with E-state index in [0.717, 1.165) is 43.4 Å². The van der Waals surface area contributed by atoms with Crippen molar-refractivity contribution in [1.29, 1.82) is 0 Å². The van der Waals surface area contributed by atoms with E-state index in [9.17, 15) is 9.59 Å². The number of carbonyl (C=O) groups is 2. The summed E-state index contributed by atoms with van der Waals surface area (Å²) in [7, 11) is -3.23. The van der Waals surface area contributed by atoms with Gasteiger partial charge in [0.15, 0.2) is 16.6 Å². The second kappa shape index (κ2) is 19.2. The molecule has 0 fully saturated rings. The molecule has 0 heterocycles.